The molecule has 5 heterocycles. The average molecular weight is 560 g/mol. The van der Waals surface area contributed by atoms with Crippen molar-refractivity contribution in [3.8, 4) is 11.5 Å². The van der Waals surface area contributed by atoms with Crippen LogP contribution in [0.15, 0.2) is 24.3 Å². The van der Waals surface area contributed by atoms with Gasteiger partial charge in [0.25, 0.3) is 5.91 Å². The van der Waals surface area contributed by atoms with Gasteiger partial charge in [-0.3, -0.25) is 14.7 Å². The van der Waals surface area contributed by atoms with Gasteiger partial charge in [-0.25, -0.2) is 9.78 Å². The fourth-order valence-corrected chi connectivity index (χ4v) is 5.65. The van der Waals surface area contributed by atoms with E-state index in [1.54, 1.807) is 12.0 Å². The molecule has 1 unspecified atom stereocenters. The number of aryl methyl sites for hydroxylation is 1. The van der Waals surface area contributed by atoms with E-state index in [0.29, 0.717) is 34.6 Å². The molecule has 0 radical (unpaired) electrons. The molecule has 0 spiro atoms. The number of nitrogens with zero attached hydrogens (tertiary/aromatic N) is 6. The van der Waals surface area contributed by atoms with Crippen LogP contribution in [0.1, 0.15) is 99.1 Å². The Morgan fingerprint density at radius 2 is 2.00 bits per heavy atom. The maximum atomic E-state index is 14.0. The van der Waals surface area contributed by atoms with Crippen LogP contribution >= 0.6 is 0 Å². The van der Waals surface area contributed by atoms with Crippen molar-refractivity contribution in [2.45, 2.75) is 89.9 Å². The number of hydrogen-bond donors (Lipinski definition) is 1. The number of fused-ring (bicyclic) bond motifs is 2. The summed E-state index contributed by atoms with van der Waals surface area (Å²) < 4.78 is 13.2. The van der Waals surface area contributed by atoms with Gasteiger partial charge >= 0.3 is 6.09 Å². The van der Waals surface area contributed by atoms with Crippen LogP contribution in [0.4, 0.5) is 10.6 Å². The molecular weight excluding hydrogens is 522 g/mol. The van der Waals surface area contributed by atoms with Crippen LogP contribution in [0, 0.1) is 0 Å². The molecular formula is C30H37N7O4. The van der Waals surface area contributed by atoms with E-state index in [1.165, 1.54) is 0 Å². The molecule has 3 aliphatic rings. The van der Waals surface area contributed by atoms with E-state index in [-0.39, 0.29) is 24.5 Å². The summed E-state index contributed by atoms with van der Waals surface area (Å²) in [6.07, 6.45) is 3.34. The highest BCUT2D eigenvalue weighted by Gasteiger charge is 2.44. The molecule has 3 aromatic heterocycles. The number of nitrogens with one attached hydrogen (secondary N) is 1. The normalized spacial score (nSPS) is 19.6. The van der Waals surface area contributed by atoms with Crippen LogP contribution in [0.25, 0.3) is 11.5 Å². The first kappa shape index (κ1) is 27.3. The summed E-state index contributed by atoms with van der Waals surface area (Å²) in [5, 5.41) is 11.7. The molecule has 0 bridgehead atoms. The lowest BCUT2D eigenvalue weighted by Crippen LogP contribution is -2.37. The molecule has 1 aliphatic carbocycles. The van der Waals surface area contributed by atoms with E-state index >= 15 is 0 Å². The van der Waals surface area contributed by atoms with Crippen LogP contribution in [0.3, 0.4) is 0 Å². The lowest BCUT2D eigenvalue weighted by Gasteiger charge is -2.25. The Bertz CT molecular complexity index is 1520. The molecule has 1 saturated carbocycles. The lowest BCUT2D eigenvalue weighted by atomic mass is 9.97. The van der Waals surface area contributed by atoms with Crippen molar-refractivity contribution in [3.05, 3.63) is 52.6 Å². The van der Waals surface area contributed by atoms with Gasteiger partial charge < -0.3 is 19.4 Å². The smallest absolute Gasteiger partial charge is 0.408 e. The average Bonchev–Trinajstić information content (AvgIpc) is 3.22. The van der Waals surface area contributed by atoms with Crippen molar-refractivity contribution in [1.29, 1.82) is 0 Å². The van der Waals surface area contributed by atoms with Crippen molar-refractivity contribution < 1.29 is 19.1 Å². The van der Waals surface area contributed by atoms with E-state index in [2.05, 4.69) is 33.9 Å². The molecule has 216 valence electrons. The third-order valence-corrected chi connectivity index (χ3v) is 8.15. The van der Waals surface area contributed by atoms with Crippen molar-refractivity contribution in [2.24, 2.45) is 0 Å². The molecule has 0 saturated heterocycles. The minimum Gasteiger partial charge on any atom is -0.444 e. The number of anilines is 1. The molecule has 41 heavy (non-hydrogen) atoms. The number of hydrogen-bond acceptors (Lipinski definition) is 8. The molecule has 2 atom stereocenters. The summed E-state index contributed by atoms with van der Waals surface area (Å²) in [4.78, 5) is 38.3. The lowest BCUT2D eigenvalue weighted by molar-refractivity contribution is 0.0465. The standard InChI is InChI=1S/C30H37N7O4/c1-17-10-11-24-34-35-26(37(17)24)20-8-7-9-23(31-20)36-15-19-18(27(36)38)14-22(30(5)12-13-30)33-25(19)21(16-40-6)32-28(39)41-29(2,3)4/h7-9,14,17,21H,10-13,15-16H2,1-6H3,(H,32,39)/t17-,21?/m0/s1. The third-order valence-electron chi connectivity index (χ3n) is 8.15. The first-order valence-electron chi connectivity index (χ1n) is 14.2. The highest BCUT2D eigenvalue weighted by molar-refractivity contribution is 6.10. The van der Waals surface area contributed by atoms with Crippen LogP contribution < -0.4 is 10.2 Å². The Labute approximate surface area is 239 Å². The van der Waals surface area contributed by atoms with Gasteiger partial charge in [0.15, 0.2) is 5.82 Å². The zero-order valence-electron chi connectivity index (χ0n) is 24.5. The fourth-order valence-electron chi connectivity index (χ4n) is 5.65. The van der Waals surface area contributed by atoms with Gasteiger partial charge in [-0.15, -0.1) is 10.2 Å². The van der Waals surface area contributed by atoms with Gasteiger partial charge in [-0.05, 0) is 65.2 Å². The maximum Gasteiger partial charge on any atom is 0.408 e. The zero-order valence-corrected chi connectivity index (χ0v) is 24.5. The first-order chi connectivity index (χ1) is 19.5. The van der Waals surface area contributed by atoms with Crippen LogP contribution in [-0.2, 0) is 27.9 Å². The summed E-state index contributed by atoms with van der Waals surface area (Å²) >= 11 is 0. The van der Waals surface area contributed by atoms with E-state index in [0.717, 1.165) is 42.8 Å². The van der Waals surface area contributed by atoms with Gasteiger partial charge in [0.05, 0.1) is 24.9 Å². The first-order valence-corrected chi connectivity index (χ1v) is 14.2. The van der Waals surface area contributed by atoms with Crippen molar-refractivity contribution >= 4 is 17.8 Å². The van der Waals surface area contributed by atoms with E-state index in [1.807, 2.05) is 45.0 Å². The van der Waals surface area contributed by atoms with Gasteiger partial charge in [-0.2, -0.15) is 0 Å². The molecule has 2 amide bonds. The molecule has 11 nitrogen and oxygen atoms in total. The molecule has 0 aromatic carbocycles. The van der Waals surface area contributed by atoms with Gasteiger partial charge in [-0.1, -0.05) is 13.0 Å². The predicted molar refractivity (Wildman–Crippen MR) is 152 cm³/mol. The Morgan fingerprint density at radius 3 is 2.71 bits per heavy atom. The van der Waals surface area contributed by atoms with E-state index in [9.17, 15) is 9.59 Å². The number of rotatable bonds is 7. The topological polar surface area (TPSA) is 124 Å². The summed E-state index contributed by atoms with van der Waals surface area (Å²) in [5.41, 5.74) is 2.72. The summed E-state index contributed by atoms with van der Waals surface area (Å²) in [5.74, 6) is 2.05. The SMILES string of the molecule is COCC(NC(=O)OC(C)(C)C)c1nc(C2(C)CC2)cc2c1CN(c1cccc(-c3nnc4n3[C@@H](C)CC4)n1)C2=O. The second kappa shape index (κ2) is 9.90. The van der Waals surface area contributed by atoms with Gasteiger partial charge in [0.2, 0.25) is 0 Å². The number of alkyl carbamates (subject to hydrolysis) is 1. The van der Waals surface area contributed by atoms with Crippen molar-refractivity contribution in [3.63, 3.8) is 0 Å². The number of carbonyl (C=O) groups excluding carboxylic acids is 2. The fraction of sp³-hybridized carbons (Fsp3) is 0.533. The van der Waals surface area contributed by atoms with Crippen LogP contribution in [-0.4, -0.2) is 56.1 Å². The van der Waals surface area contributed by atoms with Gasteiger partial charge in [0, 0.05) is 41.8 Å². The molecule has 11 heteroatoms. The Kier molecular flexibility index (Phi) is 6.60. The number of aromatic nitrogens is 5. The highest BCUT2D eigenvalue weighted by atomic mass is 16.6. The molecule has 6 rings (SSSR count). The Morgan fingerprint density at radius 1 is 1.22 bits per heavy atom. The predicted octanol–water partition coefficient (Wildman–Crippen LogP) is 4.67. The Balaban J connectivity index is 1.37. The van der Waals surface area contributed by atoms with Crippen LogP contribution in [0.2, 0.25) is 0 Å². The van der Waals surface area contributed by atoms with Crippen LogP contribution in [0.5, 0.6) is 0 Å². The number of carbonyl (C=O) groups is 2. The monoisotopic (exact) mass is 559 g/mol. The molecule has 3 aromatic rings. The van der Waals surface area contributed by atoms with E-state index in [4.69, 9.17) is 19.4 Å². The van der Waals surface area contributed by atoms with E-state index < -0.39 is 17.7 Å². The number of methoxy groups -OCH3 is 1. The summed E-state index contributed by atoms with van der Waals surface area (Å²) in [6, 6.07) is 7.24. The molecule has 2 aliphatic heterocycles. The number of ether oxygens (including phenoxy) is 2. The largest absolute Gasteiger partial charge is 0.444 e. The third kappa shape index (κ3) is 5.07. The second-order valence-corrected chi connectivity index (χ2v) is 12.6. The number of pyridine rings is 2. The minimum atomic E-state index is -0.661. The Hall–Kier alpha value is -3.86. The molecule has 1 N–H and O–H groups in total. The quantitative estimate of drug-likeness (QED) is 0.443. The highest BCUT2D eigenvalue weighted by Crippen LogP contribution is 2.48. The summed E-state index contributed by atoms with van der Waals surface area (Å²) in [6.45, 7) is 10.2. The maximum absolute atomic E-state index is 14.0. The number of amides is 2. The van der Waals surface area contributed by atoms with Crippen molar-refractivity contribution in [1.82, 2.24) is 30.0 Å². The molecule has 1 fully saturated rings. The zero-order chi connectivity index (χ0) is 29.1. The summed E-state index contributed by atoms with van der Waals surface area (Å²) in [7, 11) is 1.57. The minimum absolute atomic E-state index is 0.0933. The van der Waals surface area contributed by atoms with Gasteiger partial charge in [0.1, 0.15) is 22.9 Å². The second-order valence-electron chi connectivity index (χ2n) is 12.6. The van der Waals surface area contributed by atoms with Crippen molar-refractivity contribution in [2.75, 3.05) is 18.6 Å².